The number of nitrogens with two attached hydrogens (primary N) is 1. The first-order chi connectivity index (χ1) is 8.10. The second kappa shape index (κ2) is 6.35. The van der Waals surface area contributed by atoms with Gasteiger partial charge in [0.05, 0.1) is 23.4 Å². The van der Waals surface area contributed by atoms with E-state index in [0.717, 1.165) is 19.4 Å². The molecule has 0 unspecified atom stereocenters. The van der Waals surface area contributed by atoms with E-state index in [1.54, 1.807) is 12.1 Å². The van der Waals surface area contributed by atoms with Crippen molar-refractivity contribution in [3.8, 4) is 0 Å². The van der Waals surface area contributed by atoms with Gasteiger partial charge < -0.3 is 15.8 Å². The molecule has 0 radical (unpaired) electrons. The summed E-state index contributed by atoms with van der Waals surface area (Å²) >= 11 is 6.06. The Balaban J connectivity index is 3.03. The van der Waals surface area contributed by atoms with Gasteiger partial charge in [0.1, 0.15) is 0 Å². The number of nitrogen functional groups attached to an aromatic ring is 1. The summed E-state index contributed by atoms with van der Waals surface area (Å²) in [7, 11) is 1.33. The lowest BCUT2D eigenvalue weighted by Crippen LogP contribution is -2.10. The summed E-state index contributed by atoms with van der Waals surface area (Å²) in [6.07, 6.45) is 2.06. The number of methoxy groups -OCH3 is 1. The van der Waals surface area contributed by atoms with Crippen LogP contribution in [0.15, 0.2) is 12.1 Å². The van der Waals surface area contributed by atoms with E-state index in [4.69, 9.17) is 22.1 Å². The Kier molecular flexibility index (Phi) is 5.10. The summed E-state index contributed by atoms with van der Waals surface area (Å²) in [4.78, 5) is 11.6. The summed E-state index contributed by atoms with van der Waals surface area (Å²) < 4.78 is 4.70. The Hall–Kier alpha value is -1.42. The first-order valence-corrected chi connectivity index (χ1v) is 5.89. The van der Waals surface area contributed by atoms with Crippen LogP contribution in [0.3, 0.4) is 0 Å². The monoisotopic (exact) mass is 256 g/mol. The molecule has 17 heavy (non-hydrogen) atoms. The first kappa shape index (κ1) is 13.6. The first-order valence-electron chi connectivity index (χ1n) is 5.51. The zero-order valence-corrected chi connectivity index (χ0v) is 10.8. The maximum absolute atomic E-state index is 11.6. The Morgan fingerprint density at radius 2 is 2.24 bits per heavy atom. The number of carbonyl (C=O) groups excluding carboxylic acids is 1. The average molecular weight is 257 g/mol. The third kappa shape index (κ3) is 3.53. The van der Waals surface area contributed by atoms with Gasteiger partial charge in [-0.15, -0.1) is 0 Å². The minimum absolute atomic E-state index is 0.369. The molecular formula is C12H17ClN2O2. The molecule has 0 fully saturated rings. The molecule has 1 aromatic carbocycles. The highest BCUT2D eigenvalue weighted by molar-refractivity contribution is 6.34. The molecule has 4 nitrogen and oxygen atoms in total. The largest absolute Gasteiger partial charge is 0.465 e. The van der Waals surface area contributed by atoms with Gasteiger partial charge in [-0.1, -0.05) is 24.9 Å². The molecular weight excluding hydrogens is 240 g/mol. The third-order valence-corrected chi connectivity index (χ3v) is 2.65. The van der Waals surface area contributed by atoms with Crippen molar-refractivity contribution in [3.05, 3.63) is 22.7 Å². The molecule has 5 heteroatoms. The normalized spacial score (nSPS) is 10.1. The molecule has 3 N–H and O–H groups in total. The molecule has 0 amide bonds. The number of rotatable bonds is 5. The van der Waals surface area contributed by atoms with Gasteiger partial charge in [0.25, 0.3) is 0 Å². The lowest BCUT2D eigenvalue weighted by molar-refractivity contribution is 0.0602. The fraction of sp³-hybridized carbons (Fsp3) is 0.417. The maximum atomic E-state index is 11.6. The number of nitrogens with one attached hydrogen (secondary N) is 1. The smallest absolute Gasteiger partial charge is 0.340 e. The van der Waals surface area contributed by atoms with Crippen molar-refractivity contribution >= 4 is 28.9 Å². The van der Waals surface area contributed by atoms with Crippen LogP contribution in [0.2, 0.25) is 5.02 Å². The second-order valence-corrected chi connectivity index (χ2v) is 4.10. The van der Waals surface area contributed by atoms with Crippen molar-refractivity contribution in [1.29, 1.82) is 0 Å². The van der Waals surface area contributed by atoms with Gasteiger partial charge in [-0.3, -0.25) is 0 Å². The number of hydrogen-bond acceptors (Lipinski definition) is 4. The summed E-state index contributed by atoms with van der Waals surface area (Å²) in [6.45, 7) is 2.84. The zero-order chi connectivity index (χ0) is 12.8. The standard InChI is InChI=1S/C12H17ClN2O2/c1-3-4-5-15-11-9(12(16)17-2)6-8(14)7-10(11)13/h6-7,15H,3-5,14H2,1-2H3. The summed E-state index contributed by atoms with van der Waals surface area (Å²) in [5.41, 5.74) is 7.05. The highest BCUT2D eigenvalue weighted by atomic mass is 35.5. The zero-order valence-electron chi connectivity index (χ0n) is 10.0. The lowest BCUT2D eigenvalue weighted by Gasteiger charge is -2.13. The molecule has 0 bridgehead atoms. The van der Waals surface area contributed by atoms with Crippen molar-refractivity contribution in [3.63, 3.8) is 0 Å². The molecule has 0 heterocycles. The van der Waals surface area contributed by atoms with Crippen LogP contribution in [0.1, 0.15) is 30.1 Å². The summed E-state index contributed by atoms with van der Waals surface area (Å²) in [5, 5.41) is 3.57. The molecule has 0 saturated heterocycles. The van der Waals surface area contributed by atoms with Gasteiger partial charge >= 0.3 is 5.97 Å². The average Bonchev–Trinajstić information content (AvgIpc) is 2.30. The molecule has 1 aromatic rings. The maximum Gasteiger partial charge on any atom is 0.340 e. The van der Waals surface area contributed by atoms with E-state index in [2.05, 4.69) is 12.2 Å². The number of carbonyl (C=O) groups is 1. The fourth-order valence-electron chi connectivity index (χ4n) is 1.47. The van der Waals surface area contributed by atoms with Crippen molar-refractivity contribution < 1.29 is 9.53 Å². The van der Waals surface area contributed by atoms with Crippen LogP contribution in [0.4, 0.5) is 11.4 Å². The van der Waals surface area contributed by atoms with Crippen molar-refractivity contribution in [2.45, 2.75) is 19.8 Å². The van der Waals surface area contributed by atoms with Crippen molar-refractivity contribution in [2.75, 3.05) is 24.7 Å². The molecule has 0 aliphatic carbocycles. The van der Waals surface area contributed by atoms with Crippen molar-refractivity contribution in [1.82, 2.24) is 0 Å². The van der Waals surface area contributed by atoms with Gasteiger partial charge in [-0.25, -0.2) is 4.79 Å². The van der Waals surface area contributed by atoms with Crippen LogP contribution in [-0.2, 0) is 4.74 Å². The van der Waals surface area contributed by atoms with E-state index >= 15 is 0 Å². The minimum Gasteiger partial charge on any atom is -0.465 e. The SMILES string of the molecule is CCCCNc1c(Cl)cc(N)cc1C(=O)OC. The van der Waals surface area contributed by atoms with Crippen LogP contribution in [-0.4, -0.2) is 19.6 Å². The predicted molar refractivity (Wildman–Crippen MR) is 70.6 cm³/mol. The van der Waals surface area contributed by atoms with Crippen LogP contribution >= 0.6 is 11.6 Å². The van der Waals surface area contributed by atoms with Gasteiger partial charge in [-0.2, -0.15) is 0 Å². The number of unbranched alkanes of at least 4 members (excludes halogenated alkanes) is 1. The highest BCUT2D eigenvalue weighted by Crippen LogP contribution is 2.29. The van der Waals surface area contributed by atoms with Crippen LogP contribution < -0.4 is 11.1 Å². The predicted octanol–water partition coefficient (Wildman–Crippen LogP) is 2.92. The molecule has 0 aliphatic heterocycles. The number of halogens is 1. The number of anilines is 2. The van der Waals surface area contributed by atoms with Gasteiger partial charge in [-0.05, 0) is 18.6 Å². The van der Waals surface area contributed by atoms with E-state index < -0.39 is 5.97 Å². The summed E-state index contributed by atoms with van der Waals surface area (Å²) in [5.74, 6) is -0.446. The topological polar surface area (TPSA) is 64.3 Å². The Bertz CT molecular complexity index is 408. The molecule has 0 saturated carbocycles. The van der Waals surface area contributed by atoms with E-state index in [1.807, 2.05) is 0 Å². The lowest BCUT2D eigenvalue weighted by atomic mass is 10.1. The van der Waals surface area contributed by atoms with Gasteiger partial charge in [0.2, 0.25) is 0 Å². The summed E-state index contributed by atoms with van der Waals surface area (Å²) in [6, 6.07) is 3.17. The van der Waals surface area contributed by atoms with E-state index in [9.17, 15) is 4.79 Å². The molecule has 1 rings (SSSR count). The number of hydrogen-bond donors (Lipinski definition) is 2. The van der Waals surface area contributed by atoms with Gasteiger partial charge in [0.15, 0.2) is 0 Å². The minimum atomic E-state index is -0.446. The van der Waals surface area contributed by atoms with E-state index in [1.165, 1.54) is 7.11 Å². The van der Waals surface area contributed by atoms with Crippen molar-refractivity contribution in [2.24, 2.45) is 0 Å². The van der Waals surface area contributed by atoms with Crippen LogP contribution in [0.25, 0.3) is 0 Å². The number of esters is 1. The highest BCUT2D eigenvalue weighted by Gasteiger charge is 2.15. The van der Waals surface area contributed by atoms with E-state index in [0.29, 0.717) is 22.0 Å². The third-order valence-electron chi connectivity index (χ3n) is 2.35. The number of ether oxygens (including phenoxy) is 1. The quantitative estimate of drug-likeness (QED) is 0.483. The Morgan fingerprint density at radius 1 is 1.53 bits per heavy atom. The van der Waals surface area contributed by atoms with Crippen LogP contribution in [0, 0.1) is 0 Å². The number of benzene rings is 1. The Morgan fingerprint density at radius 3 is 2.82 bits per heavy atom. The molecule has 0 spiro atoms. The van der Waals surface area contributed by atoms with Gasteiger partial charge in [0, 0.05) is 12.2 Å². The fourth-order valence-corrected chi connectivity index (χ4v) is 1.76. The second-order valence-electron chi connectivity index (χ2n) is 3.70. The molecule has 0 atom stereocenters. The molecule has 94 valence electrons. The Labute approximate surface area is 106 Å². The van der Waals surface area contributed by atoms with E-state index in [-0.39, 0.29) is 0 Å². The molecule has 0 aromatic heterocycles. The van der Waals surface area contributed by atoms with Crippen LogP contribution in [0.5, 0.6) is 0 Å². The molecule has 0 aliphatic rings.